The molecule has 9 heteroatoms. The summed E-state index contributed by atoms with van der Waals surface area (Å²) in [7, 11) is 0. The summed E-state index contributed by atoms with van der Waals surface area (Å²) in [6.45, 7) is 0.465. The standard InChI is InChI=1S/C12H17N5O4/c13-10(18)2-1-6(12(20)21)17-11(19)8-3-7-9(4-14-8)16-5-15-7/h5-6,8,14H,1-4H2,(H2,13,18)(H,15,16)(H,17,19)(H,20,21)/t6-,8?/m1/s1. The van der Waals surface area contributed by atoms with Gasteiger partial charge < -0.3 is 21.1 Å². The molecule has 0 spiro atoms. The Morgan fingerprint density at radius 2 is 2.29 bits per heavy atom. The molecule has 2 atom stereocenters. The number of nitrogens with one attached hydrogen (secondary N) is 3. The molecule has 0 saturated heterocycles. The van der Waals surface area contributed by atoms with Crippen LogP contribution in [0.15, 0.2) is 6.33 Å². The molecule has 0 bridgehead atoms. The molecule has 9 nitrogen and oxygen atoms in total. The van der Waals surface area contributed by atoms with Crippen molar-refractivity contribution in [2.45, 2.75) is 37.9 Å². The summed E-state index contributed by atoms with van der Waals surface area (Å²) in [5, 5.41) is 14.5. The Hall–Kier alpha value is -2.42. The number of carboxylic acid groups (broad SMARTS) is 1. The van der Waals surface area contributed by atoms with Crippen molar-refractivity contribution >= 4 is 17.8 Å². The van der Waals surface area contributed by atoms with Gasteiger partial charge in [-0.05, 0) is 6.42 Å². The monoisotopic (exact) mass is 295 g/mol. The number of imidazole rings is 1. The van der Waals surface area contributed by atoms with Gasteiger partial charge in [0, 0.05) is 19.4 Å². The minimum absolute atomic E-state index is 0.0310. The summed E-state index contributed by atoms with van der Waals surface area (Å²) in [6, 6.07) is -1.68. The summed E-state index contributed by atoms with van der Waals surface area (Å²) in [6.07, 6.45) is 1.81. The van der Waals surface area contributed by atoms with E-state index in [9.17, 15) is 14.4 Å². The number of amides is 2. The highest BCUT2D eigenvalue weighted by atomic mass is 16.4. The average molecular weight is 295 g/mol. The van der Waals surface area contributed by atoms with Crippen molar-refractivity contribution in [2.24, 2.45) is 5.73 Å². The minimum Gasteiger partial charge on any atom is -0.480 e. The maximum atomic E-state index is 12.1. The van der Waals surface area contributed by atoms with E-state index in [-0.39, 0.29) is 12.8 Å². The van der Waals surface area contributed by atoms with E-state index in [0.29, 0.717) is 13.0 Å². The van der Waals surface area contributed by atoms with Crippen LogP contribution in [0, 0.1) is 0 Å². The Balaban J connectivity index is 1.93. The van der Waals surface area contributed by atoms with Gasteiger partial charge in [-0.15, -0.1) is 0 Å². The van der Waals surface area contributed by atoms with Crippen LogP contribution in [-0.2, 0) is 27.3 Å². The van der Waals surface area contributed by atoms with Crippen LogP contribution < -0.4 is 16.4 Å². The fourth-order valence-corrected chi connectivity index (χ4v) is 2.17. The van der Waals surface area contributed by atoms with Crippen LogP contribution in [0.3, 0.4) is 0 Å². The number of hydrogen-bond acceptors (Lipinski definition) is 5. The van der Waals surface area contributed by atoms with Crippen LogP contribution in [0.25, 0.3) is 0 Å². The molecule has 114 valence electrons. The predicted molar refractivity (Wildman–Crippen MR) is 70.9 cm³/mol. The third-order valence-corrected chi connectivity index (χ3v) is 3.34. The number of aromatic nitrogens is 2. The van der Waals surface area contributed by atoms with Gasteiger partial charge in [0.2, 0.25) is 11.8 Å². The first-order valence-electron chi connectivity index (χ1n) is 6.53. The van der Waals surface area contributed by atoms with Gasteiger partial charge >= 0.3 is 5.97 Å². The number of fused-ring (bicyclic) bond motifs is 1. The summed E-state index contributed by atoms with van der Waals surface area (Å²) >= 11 is 0. The highest BCUT2D eigenvalue weighted by Gasteiger charge is 2.29. The van der Waals surface area contributed by atoms with Crippen molar-refractivity contribution in [2.75, 3.05) is 0 Å². The largest absolute Gasteiger partial charge is 0.480 e. The third kappa shape index (κ3) is 3.78. The van der Waals surface area contributed by atoms with E-state index in [2.05, 4.69) is 20.6 Å². The van der Waals surface area contributed by atoms with Crippen molar-refractivity contribution in [1.82, 2.24) is 20.6 Å². The molecule has 2 rings (SSSR count). The normalized spacial score (nSPS) is 18.6. The fraction of sp³-hybridized carbons (Fsp3) is 0.500. The number of aliphatic carboxylic acids is 1. The Bertz CT molecular complexity index is 556. The van der Waals surface area contributed by atoms with Gasteiger partial charge in [-0.3, -0.25) is 14.9 Å². The van der Waals surface area contributed by atoms with Crippen molar-refractivity contribution in [3.8, 4) is 0 Å². The van der Waals surface area contributed by atoms with Gasteiger partial charge in [0.15, 0.2) is 0 Å². The molecule has 0 fully saturated rings. The van der Waals surface area contributed by atoms with E-state index < -0.39 is 29.9 Å². The highest BCUT2D eigenvalue weighted by Crippen LogP contribution is 2.12. The zero-order valence-electron chi connectivity index (χ0n) is 11.3. The molecular formula is C12H17N5O4. The molecule has 0 radical (unpaired) electrons. The van der Waals surface area contributed by atoms with E-state index >= 15 is 0 Å². The van der Waals surface area contributed by atoms with Crippen molar-refractivity contribution in [3.63, 3.8) is 0 Å². The SMILES string of the molecule is NC(=O)CC[C@@H](NC(=O)C1Cc2nc[nH]c2CN1)C(=O)O. The predicted octanol–water partition coefficient (Wildman–Crippen LogP) is -1.74. The quantitative estimate of drug-likeness (QED) is 0.420. The van der Waals surface area contributed by atoms with Crippen LogP contribution >= 0.6 is 0 Å². The zero-order chi connectivity index (χ0) is 15.4. The van der Waals surface area contributed by atoms with Crippen LogP contribution in [0.1, 0.15) is 24.2 Å². The molecular weight excluding hydrogens is 278 g/mol. The summed E-state index contributed by atoms with van der Waals surface area (Å²) < 4.78 is 0. The van der Waals surface area contributed by atoms with Gasteiger partial charge in [-0.25, -0.2) is 9.78 Å². The van der Waals surface area contributed by atoms with Crippen molar-refractivity contribution in [1.29, 1.82) is 0 Å². The second-order valence-electron chi connectivity index (χ2n) is 4.87. The lowest BCUT2D eigenvalue weighted by Crippen LogP contribution is -2.52. The molecule has 1 aromatic rings. The number of hydrogen-bond donors (Lipinski definition) is 5. The van der Waals surface area contributed by atoms with E-state index in [1.807, 2.05) is 0 Å². The molecule has 1 aliphatic heterocycles. The van der Waals surface area contributed by atoms with E-state index in [1.54, 1.807) is 6.33 Å². The van der Waals surface area contributed by atoms with E-state index in [1.165, 1.54) is 0 Å². The second-order valence-corrected chi connectivity index (χ2v) is 4.87. The van der Waals surface area contributed by atoms with Crippen LogP contribution in [0.4, 0.5) is 0 Å². The number of rotatable bonds is 6. The molecule has 0 saturated carbocycles. The van der Waals surface area contributed by atoms with E-state index in [4.69, 9.17) is 10.8 Å². The van der Waals surface area contributed by atoms with Crippen LogP contribution in [-0.4, -0.2) is 44.9 Å². The van der Waals surface area contributed by atoms with Crippen molar-refractivity contribution < 1.29 is 19.5 Å². The smallest absolute Gasteiger partial charge is 0.326 e. The lowest BCUT2D eigenvalue weighted by molar-refractivity contribution is -0.142. The topological polar surface area (TPSA) is 150 Å². The second kappa shape index (κ2) is 6.35. The van der Waals surface area contributed by atoms with E-state index in [0.717, 1.165) is 11.4 Å². The Labute approximate surface area is 120 Å². The van der Waals surface area contributed by atoms with Crippen LogP contribution in [0.2, 0.25) is 0 Å². The number of carboxylic acids is 1. The molecule has 1 unspecified atom stereocenters. The van der Waals surface area contributed by atoms with Gasteiger partial charge in [0.05, 0.1) is 23.8 Å². The average Bonchev–Trinajstić information content (AvgIpc) is 2.89. The molecule has 2 heterocycles. The molecule has 1 aliphatic rings. The maximum Gasteiger partial charge on any atom is 0.326 e. The first-order chi connectivity index (χ1) is 9.97. The highest BCUT2D eigenvalue weighted by molar-refractivity contribution is 5.87. The lowest BCUT2D eigenvalue weighted by atomic mass is 10.0. The number of carbonyl (C=O) groups is 3. The minimum atomic E-state index is -1.19. The molecule has 2 amide bonds. The number of aromatic amines is 1. The summed E-state index contributed by atoms with van der Waals surface area (Å²) in [5.41, 5.74) is 6.70. The van der Waals surface area contributed by atoms with Gasteiger partial charge in [-0.1, -0.05) is 0 Å². The lowest BCUT2D eigenvalue weighted by Gasteiger charge is -2.24. The molecule has 0 aliphatic carbocycles. The summed E-state index contributed by atoms with van der Waals surface area (Å²) in [5.74, 6) is -2.23. The van der Waals surface area contributed by atoms with Gasteiger partial charge in [-0.2, -0.15) is 0 Å². The maximum absolute atomic E-state index is 12.1. The van der Waals surface area contributed by atoms with Crippen molar-refractivity contribution in [3.05, 3.63) is 17.7 Å². The molecule has 0 aromatic carbocycles. The molecule has 21 heavy (non-hydrogen) atoms. The number of carbonyl (C=O) groups excluding carboxylic acids is 2. The summed E-state index contributed by atoms with van der Waals surface area (Å²) in [4.78, 5) is 41.0. The Morgan fingerprint density at radius 1 is 1.52 bits per heavy atom. The molecule has 1 aromatic heterocycles. The first-order valence-corrected chi connectivity index (χ1v) is 6.53. The fourth-order valence-electron chi connectivity index (χ4n) is 2.17. The van der Waals surface area contributed by atoms with Gasteiger partial charge in [0.25, 0.3) is 0 Å². The third-order valence-electron chi connectivity index (χ3n) is 3.34. The first kappa shape index (κ1) is 15.0. The number of H-pyrrole nitrogens is 1. The van der Waals surface area contributed by atoms with Gasteiger partial charge in [0.1, 0.15) is 6.04 Å². The number of nitrogens with two attached hydrogens (primary N) is 1. The molecule has 6 N–H and O–H groups in total. The number of nitrogens with zero attached hydrogens (tertiary/aromatic N) is 1. The zero-order valence-corrected chi connectivity index (χ0v) is 11.3. The Morgan fingerprint density at radius 3 is 2.95 bits per heavy atom. The number of primary amides is 1. The van der Waals surface area contributed by atoms with Crippen LogP contribution in [0.5, 0.6) is 0 Å². The Kier molecular flexibility index (Phi) is 4.53.